The summed E-state index contributed by atoms with van der Waals surface area (Å²) in [6.45, 7) is 5.34. The number of aryl methyl sites for hydroxylation is 1. The molecule has 6 heteroatoms. The van der Waals surface area contributed by atoms with Crippen LogP contribution in [-0.4, -0.2) is 19.9 Å². The van der Waals surface area contributed by atoms with E-state index in [1.807, 2.05) is 18.2 Å². The zero-order valence-electron chi connectivity index (χ0n) is 16.0. The molecule has 2 aromatic rings. The van der Waals surface area contributed by atoms with E-state index in [1.54, 1.807) is 32.9 Å². The van der Waals surface area contributed by atoms with Crippen LogP contribution in [0.25, 0.3) is 0 Å². The van der Waals surface area contributed by atoms with Gasteiger partial charge in [0.15, 0.2) is 0 Å². The topological polar surface area (TPSA) is 75.3 Å². The molecule has 0 unspecified atom stereocenters. The van der Waals surface area contributed by atoms with Crippen LogP contribution in [0.3, 0.4) is 0 Å². The first-order valence-corrected chi connectivity index (χ1v) is 10.7. The number of amides is 1. The van der Waals surface area contributed by atoms with Crippen LogP contribution in [0.5, 0.6) is 0 Å². The van der Waals surface area contributed by atoms with Crippen LogP contribution in [0, 0.1) is 0 Å². The Hall–Kier alpha value is -2.18. The van der Waals surface area contributed by atoms with Crippen LogP contribution in [0.1, 0.15) is 61.1 Å². The molecule has 0 saturated carbocycles. The molecule has 27 heavy (non-hydrogen) atoms. The standard InChI is InChI=1S/C21H26N2O3S/c1-21(2,3)23-27(25,26)17-11-6-10-16(14-17)20(24)22-19-13-7-9-15-8-4-5-12-18(15)19/h4-6,8,10-12,14,19,23H,7,9,13H2,1-3H3,(H,22,24)/t19-/m0/s1. The van der Waals surface area contributed by atoms with Gasteiger partial charge in [-0.3, -0.25) is 4.79 Å². The smallest absolute Gasteiger partial charge is 0.251 e. The Morgan fingerprint density at radius 2 is 1.81 bits per heavy atom. The number of nitrogens with one attached hydrogen (secondary N) is 2. The number of rotatable bonds is 4. The predicted octanol–water partition coefficient (Wildman–Crippen LogP) is 3.57. The molecule has 0 heterocycles. The molecule has 0 aromatic heterocycles. The number of hydrogen-bond acceptors (Lipinski definition) is 3. The lowest BCUT2D eigenvalue weighted by atomic mass is 9.87. The van der Waals surface area contributed by atoms with Gasteiger partial charge < -0.3 is 5.32 Å². The van der Waals surface area contributed by atoms with Crippen molar-refractivity contribution in [3.63, 3.8) is 0 Å². The quantitative estimate of drug-likeness (QED) is 0.843. The van der Waals surface area contributed by atoms with Gasteiger partial charge in [0, 0.05) is 11.1 Å². The SMILES string of the molecule is CC(C)(C)NS(=O)(=O)c1cccc(C(=O)N[C@H]2CCCc3ccccc32)c1. The van der Waals surface area contributed by atoms with Crippen LogP contribution in [0.2, 0.25) is 0 Å². The molecule has 5 nitrogen and oxygen atoms in total. The van der Waals surface area contributed by atoms with E-state index in [9.17, 15) is 13.2 Å². The lowest BCUT2D eigenvalue weighted by Gasteiger charge is -2.26. The summed E-state index contributed by atoms with van der Waals surface area (Å²) in [5.41, 5.74) is 2.16. The van der Waals surface area contributed by atoms with E-state index < -0.39 is 15.6 Å². The van der Waals surface area contributed by atoms with Crippen molar-refractivity contribution in [2.24, 2.45) is 0 Å². The Labute approximate surface area is 161 Å². The van der Waals surface area contributed by atoms with Crippen LogP contribution in [0.4, 0.5) is 0 Å². The van der Waals surface area contributed by atoms with E-state index in [0.29, 0.717) is 5.56 Å². The van der Waals surface area contributed by atoms with Crippen molar-refractivity contribution in [2.75, 3.05) is 0 Å². The zero-order chi connectivity index (χ0) is 19.7. The van der Waals surface area contributed by atoms with E-state index in [4.69, 9.17) is 0 Å². The molecule has 0 fully saturated rings. The molecule has 0 aliphatic heterocycles. The molecule has 0 radical (unpaired) electrons. The van der Waals surface area contributed by atoms with Gasteiger partial charge in [-0.05, 0) is 69.4 Å². The average molecular weight is 387 g/mol. The molecule has 1 amide bonds. The molecule has 144 valence electrons. The second kappa shape index (κ2) is 7.44. The van der Waals surface area contributed by atoms with Crippen molar-refractivity contribution in [3.8, 4) is 0 Å². The lowest BCUT2D eigenvalue weighted by molar-refractivity contribution is 0.0932. The van der Waals surface area contributed by atoms with E-state index >= 15 is 0 Å². The summed E-state index contributed by atoms with van der Waals surface area (Å²) in [5.74, 6) is -0.260. The molecule has 1 aliphatic rings. The molecule has 0 spiro atoms. The highest BCUT2D eigenvalue weighted by atomic mass is 32.2. The van der Waals surface area contributed by atoms with Gasteiger partial charge in [-0.1, -0.05) is 30.3 Å². The van der Waals surface area contributed by atoms with Crippen LogP contribution in [0.15, 0.2) is 53.4 Å². The van der Waals surface area contributed by atoms with Crippen molar-refractivity contribution < 1.29 is 13.2 Å². The molecular weight excluding hydrogens is 360 g/mol. The van der Waals surface area contributed by atoms with Crippen LogP contribution >= 0.6 is 0 Å². The summed E-state index contributed by atoms with van der Waals surface area (Å²) in [5, 5.41) is 3.06. The molecule has 2 aromatic carbocycles. The van der Waals surface area contributed by atoms with Crippen molar-refractivity contribution in [1.29, 1.82) is 0 Å². The first kappa shape index (κ1) is 19.6. The number of carbonyl (C=O) groups excluding carboxylic acids is 1. The molecule has 0 bridgehead atoms. The first-order valence-electron chi connectivity index (χ1n) is 9.18. The van der Waals surface area contributed by atoms with Gasteiger partial charge in [-0.25, -0.2) is 13.1 Å². The molecule has 3 rings (SSSR count). The third-order valence-electron chi connectivity index (χ3n) is 4.52. The summed E-state index contributed by atoms with van der Waals surface area (Å²) < 4.78 is 27.7. The van der Waals surface area contributed by atoms with Crippen molar-refractivity contribution in [1.82, 2.24) is 10.0 Å². The number of carbonyl (C=O) groups is 1. The fourth-order valence-electron chi connectivity index (χ4n) is 3.41. The Morgan fingerprint density at radius 1 is 1.07 bits per heavy atom. The number of benzene rings is 2. The normalized spacial score (nSPS) is 17.2. The fourth-order valence-corrected chi connectivity index (χ4v) is 4.88. The number of sulfonamides is 1. The highest BCUT2D eigenvalue weighted by Crippen LogP contribution is 2.29. The lowest BCUT2D eigenvalue weighted by Crippen LogP contribution is -2.40. The van der Waals surface area contributed by atoms with E-state index in [1.165, 1.54) is 17.7 Å². The minimum Gasteiger partial charge on any atom is -0.345 e. The Balaban J connectivity index is 1.81. The van der Waals surface area contributed by atoms with Gasteiger partial charge in [0.1, 0.15) is 0 Å². The minimum absolute atomic E-state index is 0.0459. The van der Waals surface area contributed by atoms with Crippen molar-refractivity contribution in [2.45, 2.75) is 56.5 Å². The maximum Gasteiger partial charge on any atom is 0.251 e. The van der Waals surface area contributed by atoms with Crippen molar-refractivity contribution >= 4 is 15.9 Å². The van der Waals surface area contributed by atoms with Gasteiger partial charge in [0.05, 0.1) is 10.9 Å². The molecule has 1 atom stereocenters. The average Bonchev–Trinajstić information content (AvgIpc) is 2.60. The zero-order valence-corrected chi connectivity index (χ0v) is 16.8. The second-order valence-corrected chi connectivity index (χ2v) is 9.68. The highest BCUT2D eigenvalue weighted by molar-refractivity contribution is 7.89. The van der Waals surface area contributed by atoms with Crippen LogP contribution < -0.4 is 10.0 Å². The largest absolute Gasteiger partial charge is 0.345 e. The second-order valence-electron chi connectivity index (χ2n) is 8.00. The van der Waals surface area contributed by atoms with E-state index in [2.05, 4.69) is 16.1 Å². The van der Waals surface area contributed by atoms with Gasteiger partial charge in [0.25, 0.3) is 5.91 Å². The van der Waals surface area contributed by atoms with E-state index in [0.717, 1.165) is 24.8 Å². The molecule has 2 N–H and O–H groups in total. The van der Waals surface area contributed by atoms with E-state index in [-0.39, 0.29) is 16.8 Å². The Kier molecular flexibility index (Phi) is 5.40. The summed E-state index contributed by atoms with van der Waals surface area (Å²) in [4.78, 5) is 12.9. The number of hydrogen-bond donors (Lipinski definition) is 2. The first-order chi connectivity index (χ1) is 12.7. The molecule has 1 aliphatic carbocycles. The van der Waals surface area contributed by atoms with Crippen LogP contribution in [-0.2, 0) is 16.4 Å². The summed E-state index contributed by atoms with van der Waals surface area (Å²) in [6.07, 6.45) is 2.92. The third-order valence-corrected chi connectivity index (χ3v) is 6.28. The maximum atomic E-state index is 12.8. The van der Waals surface area contributed by atoms with Gasteiger partial charge in [-0.15, -0.1) is 0 Å². The fraction of sp³-hybridized carbons (Fsp3) is 0.381. The predicted molar refractivity (Wildman–Crippen MR) is 106 cm³/mol. The Morgan fingerprint density at radius 3 is 2.56 bits per heavy atom. The number of fused-ring (bicyclic) bond motifs is 1. The van der Waals surface area contributed by atoms with Gasteiger partial charge >= 0.3 is 0 Å². The highest BCUT2D eigenvalue weighted by Gasteiger charge is 2.24. The minimum atomic E-state index is -3.69. The van der Waals surface area contributed by atoms with Gasteiger partial charge in [0.2, 0.25) is 10.0 Å². The summed E-state index contributed by atoms with van der Waals surface area (Å²) in [6, 6.07) is 14.3. The summed E-state index contributed by atoms with van der Waals surface area (Å²) in [7, 11) is -3.69. The van der Waals surface area contributed by atoms with Gasteiger partial charge in [-0.2, -0.15) is 0 Å². The molecular formula is C21H26N2O3S. The Bertz CT molecular complexity index is 946. The summed E-state index contributed by atoms with van der Waals surface area (Å²) >= 11 is 0. The van der Waals surface area contributed by atoms with Crippen molar-refractivity contribution in [3.05, 3.63) is 65.2 Å². The maximum absolute atomic E-state index is 12.8. The molecule has 0 saturated heterocycles. The monoisotopic (exact) mass is 386 g/mol. The third kappa shape index (κ3) is 4.76.